The summed E-state index contributed by atoms with van der Waals surface area (Å²) in [5.41, 5.74) is 0.824. The molecule has 3 aliphatic rings. The van der Waals surface area contributed by atoms with Crippen LogP contribution in [0.15, 0.2) is 48.3 Å². The zero-order chi connectivity index (χ0) is 24.4. The van der Waals surface area contributed by atoms with Crippen LogP contribution in [0.2, 0.25) is 0 Å². The van der Waals surface area contributed by atoms with E-state index < -0.39 is 67.5 Å². The Bertz CT molecular complexity index is 912. The number of carbonyl (C=O) groups is 1. The molecule has 0 unspecified atom stereocenters. The topological polar surface area (TPSA) is 164 Å². The van der Waals surface area contributed by atoms with E-state index in [1.54, 1.807) is 36.4 Å². The quantitative estimate of drug-likeness (QED) is 0.242. The molecule has 1 fully saturated rings. The van der Waals surface area contributed by atoms with Crippen molar-refractivity contribution >= 4 is 5.97 Å². The van der Waals surface area contributed by atoms with E-state index in [1.807, 2.05) is 0 Å². The number of aliphatic hydroxyl groups is 5. The van der Waals surface area contributed by atoms with Gasteiger partial charge in [0.1, 0.15) is 36.3 Å². The lowest BCUT2D eigenvalue weighted by Gasteiger charge is -2.42. The minimum absolute atomic E-state index is 0.327. The van der Waals surface area contributed by atoms with Gasteiger partial charge < -0.3 is 49.2 Å². The molecule has 0 amide bonds. The van der Waals surface area contributed by atoms with Crippen molar-refractivity contribution in [1.82, 2.24) is 0 Å². The number of aliphatic hydroxyl groups excluding tert-OH is 5. The van der Waals surface area contributed by atoms with Crippen LogP contribution in [0.4, 0.5) is 0 Å². The minimum atomic E-state index is -1.61. The molecular formula is C23H28O11. The van der Waals surface area contributed by atoms with Crippen LogP contribution in [0.5, 0.6) is 5.75 Å². The zero-order valence-corrected chi connectivity index (χ0v) is 18.3. The molecule has 2 aliphatic heterocycles. The Kier molecular flexibility index (Phi) is 7.53. The summed E-state index contributed by atoms with van der Waals surface area (Å²) in [4.78, 5) is 12.7. The van der Waals surface area contributed by atoms with Gasteiger partial charge in [-0.2, -0.15) is 0 Å². The Labute approximate surface area is 195 Å². The van der Waals surface area contributed by atoms with Crippen molar-refractivity contribution in [3.63, 3.8) is 0 Å². The second-order valence-electron chi connectivity index (χ2n) is 8.27. The van der Waals surface area contributed by atoms with E-state index in [9.17, 15) is 30.3 Å². The first kappa shape index (κ1) is 24.6. The van der Waals surface area contributed by atoms with E-state index in [-0.39, 0.29) is 6.61 Å². The number of ether oxygens (including phenoxy) is 5. The van der Waals surface area contributed by atoms with Gasteiger partial charge in [-0.05, 0) is 42.0 Å². The predicted octanol–water partition coefficient (Wildman–Crippen LogP) is -0.928. The van der Waals surface area contributed by atoms with Gasteiger partial charge in [0.05, 0.1) is 38.1 Å². The summed E-state index contributed by atoms with van der Waals surface area (Å²) >= 11 is 0. The number of hydrogen-bond donors (Lipinski definition) is 5. The number of hydrogen-bond acceptors (Lipinski definition) is 11. The van der Waals surface area contributed by atoms with Crippen LogP contribution in [-0.2, 0) is 18.9 Å². The molecule has 0 saturated carbocycles. The van der Waals surface area contributed by atoms with E-state index in [2.05, 4.69) is 0 Å². The first-order chi connectivity index (χ1) is 16.4. The maximum absolute atomic E-state index is 12.7. The van der Waals surface area contributed by atoms with E-state index in [0.717, 1.165) is 0 Å². The van der Waals surface area contributed by atoms with Crippen LogP contribution in [0.25, 0.3) is 0 Å². The highest BCUT2D eigenvalue weighted by molar-refractivity contribution is 5.89. The van der Waals surface area contributed by atoms with Gasteiger partial charge in [0.2, 0.25) is 6.29 Å². The maximum atomic E-state index is 12.7. The first-order valence-electron chi connectivity index (χ1n) is 10.8. The van der Waals surface area contributed by atoms with Gasteiger partial charge in [-0.25, -0.2) is 4.79 Å². The van der Waals surface area contributed by atoms with Gasteiger partial charge in [0, 0.05) is 5.92 Å². The van der Waals surface area contributed by atoms with Gasteiger partial charge in [-0.1, -0.05) is 0 Å². The smallest absolute Gasteiger partial charge is 0.338 e. The normalized spacial score (nSPS) is 36.9. The summed E-state index contributed by atoms with van der Waals surface area (Å²) in [6.07, 6.45) is -4.44. The van der Waals surface area contributed by atoms with E-state index >= 15 is 0 Å². The van der Waals surface area contributed by atoms with Gasteiger partial charge >= 0.3 is 5.97 Å². The van der Waals surface area contributed by atoms with E-state index in [0.29, 0.717) is 16.9 Å². The van der Waals surface area contributed by atoms with Crippen LogP contribution in [0.1, 0.15) is 10.4 Å². The average Bonchev–Trinajstić information content (AvgIpc) is 3.22. The van der Waals surface area contributed by atoms with E-state index in [1.165, 1.54) is 13.4 Å². The Morgan fingerprint density at radius 2 is 1.76 bits per heavy atom. The lowest BCUT2D eigenvalue weighted by Crippen LogP contribution is -2.60. The molecule has 0 spiro atoms. The Morgan fingerprint density at radius 3 is 2.41 bits per heavy atom. The summed E-state index contributed by atoms with van der Waals surface area (Å²) in [5, 5.41) is 49.6. The standard InChI is InChI=1S/C23H28O11/c1-30-13-4-2-11(3-5-13)21(29)32-15-8-12(9-24)17-14(15)6-7-31-22(17)34-23-20(28)19(27)18(26)16(10-25)33-23/h2-8,14-20,22-28H,9-10H2,1H3/t14-,15+,16+,17+,18+,19-,20+,22-,23-/m0/s1. The lowest BCUT2D eigenvalue weighted by atomic mass is 9.88. The van der Waals surface area contributed by atoms with Crippen LogP contribution >= 0.6 is 0 Å². The Hall–Kier alpha value is -2.51. The van der Waals surface area contributed by atoms with Crippen molar-refractivity contribution in [2.75, 3.05) is 20.3 Å². The summed E-state index contributed by atoms with van der Waals surface area (Å²) in [7, 11) is 1.52. The van der Waals surface area contributed by atoms with Gasteiger partial charge in [0.25, 0.3) is 0 Å². The van der Waals surface area contributed by atoms with Crippen molar-refractivity contribution in [3.05, 3.63) is 53.8 Å². The molecule has 186 valence electrons. The molecule has 1 saturated heterocycles. The molecule has 5 N–H and O–H groups in total. The third kappa shape index (κ3) is 4.68. The third-order valence-electron chi connectivity index (χ3n) is 6.28. The number of rotatable bonds is 7. The van der Waals surface area contributed by atoms with Crippen LogP contribution in [0, 0.1) is 11.8 Å². The van der Waals surface area contributed by atoms with Crippen LogP contribution < -0.4 is 4.74 Å². The summed E-state index contributed by atoms with van der Waals surface area (Å²) in [6, 6.07) is 6.44. The molecule has 34 heavy (non-hydrogen) atoms. The van der Waals surface area contributed by atoms with Gasteiger partial charge in [-0.15, -0.1) is 0 Å². The predicted molar refractivity (Wildman–Crippen MR) is 113 cm³/mol. The molecule has 0 aromatic heterocycles. The van der Waals surface area contributed by atoms with Crippen molar-refractivity contribution < 1.29 is 54.0 Å². The second kappa shape index (κ2) is 10.4. The molecule has 11 nitrogen and oxygen atoms in total. The summed E-state index contributed by atoms with van der Waals surface area (Å²) < 4.78 is 27.5. The Morgan fingerprint density at radius 1 is 1.03 bits per heavy atom. The number of esters is 1. The Balaban J connectivity index is 1.48. The summed E-state index contributed by atoms with van der Waals surface area (Å²) in [5.74, 6) is -0.988. The van der Waals surface area contributed by atoms with Crippen molar-refractivity contribution in [1.29, 1.82) is 0 Å². The monoisotopic (exact) mass is 480 g/mol. The zero-order valence-electron chi connectivity index (χ0n) is 18.3. The number of benzene rings is 1. The van der Waals surface area contributed by atoms with Crippen molar-refractivity contribution in [2.45, 2.75) is 43.1 Å². The number of carbonyl (C=O) groups excluding carboxylic acids is 1. The van der Waals surface area contributed by atoms with E-state index in [4.69, 9.17) is 23.7 Å². The van der Waals surface area contributed by atoms with Crippen LogP contribution in [0.3, 0.4) is 0 Å². The highest BCUT2D eigenvalue weighted by Crippen LogP contribution is 2.42. The largest absolute Gasteiger partial charge is 0.497 e. The van der Waals surface area contributed by atoms with Crippen molar-refractivity contribution in [2.24, 2.45) is 11.8 Å². The third-order valence-corrected chi connectivity index (χ3v) is 6.28. The minimum Gasteiger partial charge on any atom is -0.497 e. The van der Waals surface area contributed by atoms with Gasteiger partial charge in [-0.3, -0.25) is 0 Å². The summed E-state index contributed by atoms with van der Waals surface area (Å²) in [6.45, 7) is -0.961. The molecule has 4 rings (SSSR count). The second-order valence-corrected chi connectivity index (χ2v) is 8.27. The number of fused-ring (bicyclic) bond motifs is 1. The maximum Gasteiger partial charge on any atom is 0.338 e. The fraction of sp³-hybridized carbons (Fsp3) is 0.522. The first-order valence-corrected chi connectivity index (χ1v) is 10.8. The SMILES string of the molecule is COc1ccc(C(=O)O[C@@H]2C=C(CO)[C@H]3[C@H](O[C@@H]4O[C@H](CO)[C@@H](O)[C@H](O)[C@H]4O)OC=C[C@H]32)cc1. The van der Waals surface area contributed by atoms with Crippen LogP contribution in [-0.4, -0.2) is 94.9 Å². The molecule has 9 atom stereocenters. The number of methoxy groups -OCH3 is 1. The fourth-order valence-corrected chi connectivity index (χ4v) is 4.39. The molecule has 1 aromatic carbocycles. The average molecular weight is 480 g/mol. The molecule has 11 heteroatoms. The fourth-order valence-electron chi connectivity index (χ4n) is 4.39. The highest BCUT2D eigenvalue weighted by Gasteiger charge is 2.50. The molecular weight excluding hydrogens is 452 g/mol. The highest BCUT2D eigenvalue weighted by atomic mass is 16.8. The molecule has 2 heterocycles. The van der Waals surface area contributed by atoms with Gasteiger partial charge in [0.15, 0.2) is 6.29 Å². The van der Waals surface area contributed by atoms with Crippen molar-refractivity contribution in [3.8, 4) is 5.75 Å². The lowest BCUT2D eigenvalue weighted by molar-refractivity contribution is -0.339. The molecule has 0 bridgehead atoms. The molecule has 0 radical (unpaired) electrons. The molecule has 1 aromatic rings. The molecule has 1 aliphatic carbocycles.